The molecule has 0 aromatic carbocycles. The van der Waals surface area contributed by atoms with E-state index >= 15 is 0 Å². The highest BCUT2D eigenvalue weighted by Gasteiger charge is 2.57. The predicted octanol–water partition coefficient (Wildman–Crippen LogP) is 2.36. The lowest BCUT2D eigenvalue weighted by Crippen LogP contribution is -2.59. The van der Waals surface area contributed by atoms with Crippen LogP contribution in [0.1, 0.15) is 0 Å². The van der Waals surface area contributed by atoms with E-state index < -0.39 is 45.7 Å². The average molecular weight is 332 g/mol. The summed E-state index contributed by atoms with van der Waals surface area (Å²) in [6.07, 6.45) is -17.7. The normalized spacial score (nSPS) is 20.6. The molecule has 0 spiro atoms. The summed E-state index contributed by atoms with van der Waals surface area (Å²) in [6.45, 7) is 0. The number of hydrogen-bond donors (Lipinski definition) is 0. The number of hydrogen-bond acceptors (Lipinski definition) is 3. The summed E-state index contributed by atoms with van der Waals surface area (Å²) in [5.74, 6) is -2.90. The maximum Gasteiger partial charge on any atom is 0.539 e. The summed E-state index contributed by atoms with van der Waals surface area (Å²) in [7, 11) is -1.66. The Balaban J connectivity index is 5.00. The summed E-state index contributed by atoms with van der Waals surface area (Å²) in [5, 5.41) is 0. The van der Waals surface area contributed by atoms with Gasteiger partial charge in [0.05, 0.1) is 0 Å². The predicted molar refractivity (Wildman–Crippen MR) is 57.3 cm³/mol. The van der Waals surface area contributed by atoms with Crippen LogP contribution >= 0.6 is 0 Å². The summed E-state index contributed by atoms with van der Waals surface area (Å²) >= 11 is 0. The van der Waals surface area contributed by atoms with Crippen LogP contribution in [0.25, 0.3) is 0 Å². The van der Waals surface area contributed by atoms with E-state index in [1.807, 2.05) is 0 Å². The van der Waals surface area contributed by atoms with Crippen molar-refractivity contribution in [3.05, 3.63) is 0 Å². The minimum Gasteiger partial charge on any atom is -0.375 e. The van der Waals surface area contributed by atoms with E-state index in [-0.39, 0.29) is 0 Å². The van der Waals surface area contributed by atoms with Gasteiger partial charge in [-0.3, -0.25) is 0 Å². The number of rotatable bonds is 9. The molecule has 0 heterocycles. The van der Waals surface area contributed by atoms with Crippen LogP contribution in [-0.2, 0) is 13.3 Å². The van der Waals surface area contributed by atoms with Gasteiger partial charge in [-0.1, -0.05) is 0 Å². The Morgan fingerprint density at radius 3 is 1.25 bits per heavy atom. The first kappa shape index (κ1) is 19.6. The molecular formula is C9H15F7O3Si. The minimum atomic E-state index is -4.31. The highest BCUT2D eigenvalue weighted by molar-refractivity contribution is 6.62. The van der Waals surface area contributed by atoms with Gasteiger partial charge in [-0.15, -0.1) is 0 Å². The Hall–Kier alpha value is -0.393. The second kappa shape index (κ2) is 8.15. The fourth-order valence-corrected chi connectivity index (χ4v) is 3.18. The van der Waals surface area contributed by atoms with Gasteiger partial charge in [-0.25, -0.2) is 30.7 Å². The molecule has 0 fully saturated rings. The van der Waals surface area contributed by atoms with Gasteiger partial charge in [0.15, 0.2) is 24.7 Å². The number of halogens is 7. The third kappa shape index (κ3) is 4.05. The van der Waals surface area contributed by atoms with Crippen LogP contribution in [-0.4, -0.2) is 67.0 Å². The van der Waals surface area contributed by atoms with Crippen LogP contribution in [0.3, 0.4) is 0 Å². The summed E-state index contributed by atoms with van der Waals surface area (Å²) in [4.78, 5) is 0. The highest BCUT2D eigenvalue weighted by Crippen LogP contribution is 2.28. The van der Waals surface area contributed by atoms with Gasteiger partial charge in [0.2, 0.25) is 5.79 Å². The lowest BCUT2D eigenvalue weighted by Gasteiger charge is -2.31. The van der Waals surface area contributed by atoms with Crippen molar-refractivity contribution in [3.8, 4) is 0 Å². The Morgan fingerprint density at radius 2 is 0.950 bits per heavy atom. The molecule has 122 valence electrons. The first-order chi connectivity index (χ1) is 9.18. The lowest BCUT2D eigenvalue weighted by molar-refractivity contribution is -0.0525. The molecule has 0 bridgehead atoms. The van der Waals surface area contributed by atoms with Crippen molar-refractivity contribution >= 4 is 8.80 Å². The molecule has 0 saturated heterocycles. The molecule has 5 atom stereocenters. The third-order valence-electron chi connectivity index (χ3n) is 2.62. The van der Waals surface area contributed by atoms with Gasteiger partial charge in [0.25, 0.3) is 6.43 Å². The zero-order valence-electron chi connectivity index (χ0n) is 10.8. The van der Waals surface area contributed by atoms with Gasteiger partial charge < -0.3 is 13.3 Å². The molecule has 0 aliphatic carbocycles. The van der Waals surface area contributed by atoms with E-state index in [1.165, 1.54) is 0 Å². The molecule has 0 radical (unpaired) electrons. The van der Waals surface area contributed by atoms with Gasteiger partial charge in [-0.2, -0.15) is 0 Å². The largest absolute Gasteiger partial charge is 0.539 e. The van der Waals surface area contributed by atoms with Crippen LogP contribution in [0.15, 0.2) is 0 Å². The molecule has 0 amide bonds. The molecular weight excluding hydrogens is 317 g/mol. The Bertz CT molecular complexity index is 274. The summed E-state index contributed by atoms with van der Waals surface area (Å²) in [6, 6.07) is 0. The topological polar surface area (TPSA) is 27.7 Å². The maximum atomic E-state index is 13.8. The summed E-state index contributed by atoms with van der Waals surface area (Å²) < 4.78 is 103. The first-order valence-corrected chi connectivity index (χ1v) is 7.12. The van der Waals surface area contributed by atoms with Gasteiger partial charge >= 0.3 is 8.80 Å². The molecule has 20 heavy (non-hydrogen) atoms. The van der Waals surface area contributed by atoms with Crippen molar-refractivity contribution in [2.75, 3.05) is 21.3 Å². The van der Waals surface area contributed by atoms with Crippen molar-refractivity contribution in [2.45, 2.75) is 36.9 Å². The van der Waals surface area contributed by atoms with E-state index in [9.17, 15) is 30.7 Å². The number of alkyl halides is 7. The Labute approximate surface area is 112 Å². The maximum absolute atomic E-state index is 13.8. The SMILES string of the molecule is CO[Si](OC)(OC)C(F)C(F)C(F)C(F)C(F)C(F)F. The third-order valence-corrected chi connectivity index (χ3v) is 5.33. The van der Waals surface area contributed by atoms with Crippen LogP contribution < -0.4 is 0 Å². The monoisotopic (exact) mass is 332 g/mol. The van der Waals surface area contributed by atoms with Crippen LogP contribution in [0.5, 0.6) is 0 Å². The standard InChI is InChI=1S/C9H15F7O3Si/c1-17-20(18-2,19-3)9(16)7(13)5(11)4(10)6(12)8(14)15/h4-9H,1-3H3. The molecule has 11 heteroatoms. The fraction of sp³-hybridized carbons (Fsp3) is 1.00. The smallest absolute Gasteiger partial charge is 0.375 e. The second-order valence-electron chi connectivity index (χ2n) is 3.73. The zero-order valence-corrected chi connectivity index (χ0v) is 11.8. The van der Waals surface area contributed by atoms with Crippen molar-refractivity contribution < 1.29 is 44.0 Å². The van der Waals surface area contributed by atoms with E-state index in [2.05, 4.69) is 13.3 Å². The minimum absolute atomic E-state index is 0.885. The van der Waals surface area contributed by atoms with E-state index in [0.717, 1.165) is 21.3 Å². The molecule has 0 aromatic rings. The molecule has 0 aliphatic rings. The molecule has 0 N–H and O–H groups in total. The van der Waals surface area contributed by atoms with E-state index in [4.69, 9.17) is 0 Å². The highest BCUT2D eigenvalue weighted by atomic mass is 28.4. The summed E-state index contributed by atoms with van der Waals surface area (Å²) in [5.41, 5.74) is 0. The van der Waals surface area contributed by atoms with Crippen molar-refractivity contribution in [1.82, 2.24) is 0 Å². The molecule has 0 saturated carbocycles. The van der Waals surface area contributed by atoms with Crippen LogP contribution in [0.4, 0.5) is 30.7 Å². The quantitative estimate of drug-likeness (QED) is 0.479. The van der Waals surface area contributed by atoms with Gasteiger partial charge in [-0.05, 0) is 0 Å². The first-order valence-electron chi connectivity index (χ1n) is 5.32. The molecule has 3 nitrogen and oxygen atoms in total. The Morgan fingerprint density at radius 1 is 0.600 bits per heavy atom. The van der Waals surface area contributed by atoms with Crippen molar-refractivity contribution in [3.63, 3.8) is 0 Å². The second-order valence-corrected chi connectivity index (χ2v) is 6.71. The van der Waals surface area contributed by atoms with Crippen molar-refractivity contribution in [1.29, 1.82) is 0 Å². The molecule has 0 aromatic heterocycles. The van der Waals surface area contributed by atoms with E-state index in [0.29, 0.717) is 0 Å². The van der Waals surface area contributed by atoms with Gasteiger partial charge in [0, 0.05) is 21.3 Å². The molecule has 0 rings (SSSR count). The average Bonchev–Trinajstić information content (AvgIpc) is 2.46. The van der Waals surface area contributed by atoms with Crippen molar-refractivity contribution in [2.24, 2.45) is 0 Å². The molecule has 5 unspecified atom stereocenters. The zero-order chi connectivity index (χ0) is 16.1. The van der Waals surface area contributed by atoms with Crippen LogP contribution in [0, 0.1) is 0 Å². The molecule has 0 aliphatic heterocycles. The van der Waals surface area contributed by atoms with Gasteiger partial charge in [0.1, 0.15) is 0 Å². The Kier molecular flexibility index (Phi) is 7.99. The lowest BCUT2D eigenvalue weighted by atomic mass is 10.1. The fourth-order valence-electron chi connectivity index (χ4n) is 1.43. The van der Waals surface area contributed by atoms with Crippen LogP contribution in [0.2, 0.25) is 0 Å². The van der Waals surface area contributed by atoms with E-state index in [1.54, 1.807) is 0 Å².